The molecule has 0 aliphatic heterocycles. The lowest BCUT2D eigenvalue weighted by molar-refractivity contribution is -0.153. The molecule has 108 valence electrons. The first kappa shape index (κ1) is 16.1. The minimum absolute atomic E-state index is 0.147. The van der Waals surface area contributed by atoms with Gasteiger partial charge >= 0.3 is 6.18 Å². The Bertz CT molecular complexity index is 539. The second kappa shape index (κ2) is 7.00. The van der Waals surface area contributed by atoms with Gasteiger partial charge in [-0.05, 0) is 18.4 Å². The zero-order chi connectivity index (χ0) is 15.2. The monoisotopic (exact) mass is 307 g/mol. The van der Waals surface area contributed by atoms with Gasteiger partial charge in [-0.2, -0.15) is 18.4 Å². The Morgan fingerprint density at radius 3 is 2.70 bits per heavy atom. The maximum atomic E-state index is 13.5. The van der Waals surface area contributed by atoms with E-state index in [9.17, 15) is 17.6 Å². The summed E-state index contributed by atoms with van der Waals surface area (Å²) in [5.41, 5.74) is 0.147. The smallest absolute Gasteiger partial charge is 0.422 e. The highest BCUT2D eigenvalue weighted by molar-refractivity contribution is 8.13. The highest BCUT2D eigenvalue weighted by Crippen LogP contribution is 2.25. The number of hydrogen-bond donors (Lipinski definition) is 1. The minimum atomic E-state index is -4.54. The van der Waals surface area contributed by atoms with Crippen LogP contribution >= 0.6 is 11.8 Å². The molecule has 0 saturated carbocycles. The van der Waals surface area contributed by atoms with Crippen LogP contribution in [-0.4, -0.2) is 24.2 Å². The summed E-state index contributed by atoms with van der Waals surface area (Å²) in [6.07, 6.45) is -1.23. The molecule has 0 aliphatic carbocycles. The third-order valence-electron chi connectivity index (χ3n) is 1.89. The molecule has 0 bridgehead atoms. The van der Waals surface area contributed by atoms with Crippen LogP contribution in [0, 0.1) is 17.3 Å². The van der Waals surface area contributed by atoms with E-state index < -0.39 is 24.3 Å². The summed E-state index contributed by atoms with van der Waals surface area (Å²) >= 11 is 1.13. The average Bonchev–Trinajstić information content (AvgIpc) is 2.36. The number of nitrogens with zero attached hydrogens (tertiary/aromatic N) is 2. The van der Waals surface area contributed by atoms with Crippen molar-refractivity contribution < 1.29 is 22.3 Å². The van der Waals surface area contributed by atoms with Crippen LogP contribution in [0.2, 0.25) is 0 Å². The van der Waals surface area contributed by atoms with E-state index in [0.29, 0.717) is 0 Å². The number of hydrogen-bond acceptors (Lipinski definition) is 4. The van der Waals surface area contributed by atoms with Crippen LogP contribution in [0.4, 0.5) is 23.2 Å². The van der Waals surface area contributed by atoms with E-state index >= 15 is 0 Å². The first-order chi connectivity index (χ1) is 9.35. The number of alkyl halides is 3. The molecule has 1 N–H and O–H groups in total. The molecule has 0 fully saturated rings. The second-order valence-corrected chi connectivity index (χ2v) is 4.17. The molecule has 0 unspecified atom stereocenters. The van der Waals surface area contributed by atoms with E-state index in [4.69, 9.17) is 5.26 Å². The van der Waals surface area contributed by atoms with E-state index in [1.165, 1.54) is 6.07 Å². The molecular weight excluding hydrogens is 298 g/mol. The largest absolute Gasteiger partial charge is 0.481 e. The Morgan fingerprint density at radius 2 is 2.20 bits per heavy atom. The molecule has 1 rings (SSSR count). The van der Waals surface area contributed by atoms with Crippen molar-refractivity contribution in [3.05, 3.63) is 24.0 Å². The minimum Gasteiger partial charge on any atom is -0.481 e. The van der Waals surface area contributed by atoms with Crippen molar-refractivity contribution in [3.63, 3.8) is 0 Å². The molecule has 0 aromatic heterocycles. The zero-order valence-corrected chi connectivity index (χ0v) is 11.0. The third kappa shape index (κ3) is 5.36. The number of benzene rings is 1. The molecule has 0 atom stereocenters. The van der Waals surface area contributed by atoms with Gasteiger partial charge < -0.3 is 4.74 Å². The number of ether oxygens (including phenoxy) is 1. The van der Waals surface area contributed by atoms with Crippen molar-refractivity contribution in [1.82, 2.24) is 5.32 Å². The van der Waals surface area contributed by atoms with Crippen LogP contribution in [0.3, 0.4) is 0 Å². The molecule has 4 nitrogen and oxygen atoms in total. The van der Waals surface area contributed by atoms with Crippen LogP contribution in [0.25, 0.3) is 0 Å². The summed E-state index contributed by atoms with van der Waals surface area (Å²) in [4.78, 5) is 3.91. The Kier molecular flexibility index (Phi) is 5.64. The highest BCUT2D eigenvalue weighted by atomic mass is 32.2. The van der Waals surface area contributed by atoms with Crippen LogP contribution < -0.4 is 10.1 Å². The summed E-state index contributed by atoms with van der Waals surface area (Å²) < 4.78 is 53.7. The van der Waals surface area contributed by atoms with Crippen molar-refractivity contribution >= 4 is 22.6 Å². The van der Waals surface area contributed by atoms with Gasteiger partial charge in [0.2, 0.25) is 0 Å². The van der Waals surface area contributed by atoms with Crippen molar-refractivity contribution in [2.24, 2.45) is 4.99 Å². The van der Waals surface area contributed by atoms with Crippen molar-refractivity contribution in [2.45, 2.75) is 6.18 Å². The molecule has 9 heteroatoms. The van der Waals surface area contributed by atoms with Crippen molar-refractivity contribution in [3.8, 4) is 11.9 Å². The van der Waals surface area contributed by atoms with Gasteiger partial charge in [0.05, 0.1) is 5.69 Å². The number of amidine groups is 1. The van der Waals surface area contributed by atoms with Crippen LogP contribution in [0.5, 0.6) is 5.75 Å². The van der Waals surface area contributed by atoms with E-state index in [0.717, 1.165) is 23.9 Å². The van der Waals surface area contributed by atoms with Crippen LogP contribution in [-0.2, 0) is 0 Å². The topological polar surface area (TPSA) is 57.4 Å². The molecule has 0 spiro atoms. The first-order valence-electron chi connectivity index (χ1n) is 5.12. The number of aliphatic imine (C=N–C) groups is 1. The summed E-state index contributed by atoms with van der Waals surface area (Å²) in [5, 5.41) is 10.9. The van der Waals surface area contributed by atoms with Gasteiger partial charge in [0, 0.05) is 6.07 Å². The van der Waals surface area contributed by atoms with Gasteiger partial charge in [-0.25, -0.2) is 9.38 Å². The van der Waals surface area contributed by atoms with Crippen LogP contribution in [0.15, 0.2) is 23.2 Å². The zero-order valence-electron chi connectivity index (χ0n) is 10.2. The fourth-order valence-corrected chi connectivity index (χ4v) is 1.47. The quantitative estimate of drug-likeness (QED) is 0.306. The maximum absolute atomic E-state index is 13.5. The van der Waals surface area contributed by atoms with Gasteiger partial charge in [-0.1, -0.05) is 11.8 Å². The first-order valence-corrected chi connectivity index (χ1v) is 6.35. The Morgan fingerprint density at radius 1 is 1.50 bits per heavy atom. The molecule has 1 aromatic carbocycles. The Labute approximate surface area is 116 Å². The van der Waals surface area contributed by atoms with Gasteiger partial charge in [0.15, 0.2) is 29.5 Å². The molecule has 20 heavy (non-hydrogen) atoms. The molecule has 0 saturated heterocycles. The summed E-state index contributed by atoms with van der Waals surface area (Å²) in [6, 6.07) is 3.25. The third-order valence-corrected chi connectivity index (χ3v) is 2.47. The Hall–Kier alpha value is -1.95. The van der Waals surface area contributed by atoms with E-state index in [2.05, 4.69) is 15.0 Å². The van der Waals surface area contributed by atoms with Crippen molar-refractivity contribution in [1.29, 1.82) is 5.26 Å². The van der Waals surface area contributed by atoms with Gasteiger partial charge in [-0.15, -0.1) is 0 Å². The summed E-state index contributed by atoms with van der Waals surface area (Å²) in [6.45, 7) is -1.57. The normalized spacial score (nSPS) is 11.9. The van der Waals surface area contributed by atoms with Gasteiger partial charge in [0.25, 0.3) is 0 Å². The number of nitrogens with one attached hydrogen (secondary N) is 1. The fraction of sp³-hybridized carbons (Fsp3) is 0.273. The lowest BCUT2D eigenvalue weighted by Crippen LogP contribution is -2.19. The maximum Gasteiger partial charge on any atom is 0.422 e. The predicted octanol–water partition coefficient (Wildman–Crippen LogP) is 3.19. The SMILES string of the molecule is CSC(=Nc1ccc(OCC(F)(F)F)c(F)c1)NC#N. The molecule has 0 radical (unpaired) electrons. The van der Waals surface area contributed by atoms with Crippen molar-refractivity contribution in [2.75, 3.05) is 12.9 Å². The summed E-state index contributed by atoms with van der Waals surface area (Å²) in [7, 11) is 0. The van der Waals surface area contributed by atoms with Crippen LogP contribution in [0.1, 0.15) is 0 Å². The van der Waals surface area contributed by atoms with Gasteiger partial charge in [0.1, 0.15) is 0 Å². The van der Waals surface area contributed by atoms with E-state index in [1.807, 2.05) is 0 Å². The number of nitriles is 1. The number of halogens is 4. The molecular formula is C11H9F4N3OS. The number of thioether (sulfide) groups is 1. The molecule has 1 aromatic rings. The summed E-state index contributed by atoms with van der Waals surface area (Å²) in [5.74, 6) is -1.48. The Balaban J connectivity index is 2.85. The van der Waals surface area contributed by atoms with E-state index in [1.54, 1.807) is 12.4 Å². The average molecular weight is 307 g/mol. The second-order valence-electron chi connectivity index (χ2n) is 3.38. The number of rotatable bonds is 3. The standard InChI is InChI=1S/C11H9F4N3OS/c1-20-10(17-6-16)18-7-2-3-9(8(12)4-7)19-5-11(13,14)15/h2-4H,5H2,1H3,(H,17,18). The van der Waals surface area contributed by atoms with Gasteiger partial charge in [-0.3, -0.25) is 5.32 Å². The predicted molar refractivity (Wildman–Crippen MR) is 67.3 cm³/mol. The molecule has 0 heterocycles. The highest BCUT2D eigenvalue weighted by Gasteiger charge is 2.28. The molecule has 0 amide bonds. The lowest BCUT2D eigenvalue weighted by atomic mass is 10.3. The lowest BCUT2D eigenvalue weighted by Gasteiger charge is -2.10. The van der Waals surface area contributed by atoms with E-state index in [-0.39, 0.29) is 10.9 Å². The fourth-order valence-electron chi connectivity index (χ4n) is 1.13. The molecule has 0 aliphatic rings.